The van der Waals surface area contributed by atoms with Crippen LogP contribution in [0.25, 0.3) is 5.65 Å². The zero-order valence-electron chi connectivity index (χ0n) is 12.0. The summed E-state index contributed by atoms with van der Waals surface area (Å²) in [5.74, 6) is 0. The molecule has 0 saturated carbocycles. The van der Waals surface area contributed by atoms with Crippen LogP contribution in [0.15, 0.2) is 24.5 Å². The van der Waals surface area contributed by atoms with Crippen molar-refractivity contribution in [2.45, 2.75) is 33.1 Å². The lowest BCUT2D eigenvalue weighted by Crippen LogP contribution is -2.26. The van der Waals surface area contributed by atoms with E-state index < -0.39 is 0 Å². The minimum Gasteiger partial charge on any atom is -0.398 e. The van der Waals surface area contributed by atoms with E-state index in [0.717, 1.165) is 36.5 Å². The molecule has 0 saturated heterocycles. The number of unbranched alkanes of at least 4 members (excludes halogenated alkanes) is 1. The Balaban J connectivity index is 1.97. The van der Waals surface area contributed by atoms with E-state index in [1.807, 2.05) is 22.7 Å². The number of anilines is 1. The zero-order valence-corrected chi connectivity index (χ0v) is 12.0. The quantitative estimate of drug-likeness (QED) is 0.832. The van der Waals surface area contributed by atoms with Gasteiger partial charge >= 0.3 is 0 Å². The summed E-state index contributed by atoms with van der Waals surface area (Å²) < 4.78 is 2.01. The third-order valence-electron chi connectivity index (χ3n) is 3.48. The maximum absolute atomic E-state index is 5.77. The monoisotopic (exact) mass is 260 g/mol. The average Bonchev–Trinajstić information content (AvgIpc) is 2.81. The molecule has 104 valence electrons. The maximum atomic E-state index is 5.77. The maximum Gasteiger partial charge on any atom is 0.137 e. The van der Waals surface area contributed by atoms with Gasteiger partial charge in [0.1, 0.15) is 5.65 Å². The summed E-state index contributed by atoms with van der Waals surface area (Å²) in [6.45, 7) is 7.84. The average molecular weight is 260 g/mol. The van der Waals surface area contributed by atoms with Crippen molar-refractivity contribution in [1.29, 1.82) is 0 Å². The molecule has 0 aromatic carbocycles. The smallest absolute Gasteiger partial charge is 0.137 e. The third-order valence-corrected chi connectivity index (χ3v) is 3.48. The van der Waals surface area contributed by atoms with Crippen LogP contribution < -0.4 is 5.73 Å². The summed E-state index contributed by atoms with van der Waals surface area (Å²) in [5.41, 5.74) is 8.66. The Bertz CT molecular complexity index is 518. The van der Waals surface area contributed by atoms with Crippen molar-refractivity contribution in [3.63, 3.8) is 0 Å². The summed E-state index contributed by atoms with van der Waals surface area (Å²) in [6.07, 6.45) is 7.53. The highest BCUT2D eigenvalue weighted by atomic mass is 15.1. The number of hydrogen-bond donors (Lipinski definition) is 1. The molecule has 0 spiro atoms. The van der Waals surface area contributed by atoms with Crippen LogP contribution in [0.3, 0.4) is 0 Å². The van der Waals surface area contributed by atoms with Gasteiger partial charge in [0.2, 0.25) is 0 Å². The predicted molar refractivity (Wildman–Crippen MR) is 80.3 cm³/mol. The van der Waals surface area contributed by atoms with Crippen LogP contribution in [-0.2, 0) is 6.42 Å². The number of imidazole rings is 1. The fourth-order valence-electron chi connectivity index (χ4n) is 2.26. The summed E-state index contributed by atoms with van der Waals surface area (Å²) >= 11 is 0. The zero-order chi connectivity index (χ0) is 13.7. The normalized spacial score (nSPS) is 11.5. The number of pyridine rings is 1. The molecule has 19 heavy (non-hydrogen) atoms. The minimum absolute atomic E-state index is 0.773. The van der Waals surface area contributed by atoms with Gasteiger partial charge in [-0.15, -0.1) is 0 Å². The van der Waals surface area contributed by atoms with Gasteiger partial charge in [-0.3, -0.25) is 0 Å². The SMILES string of the molecule is CCCCN(CC)CCc1cn2cc(N)ccc2n1. The molecule has 4 nitrogen and oxygen atoms in total. The number of nitrogens with zero attached hydrogens (tertiary/aromatic N) is 3. The number of nitrogen functional groups attached to an aromatic ring is 1. The molecule has 0 atom stereocenters. The third kappa shape index (κ3) is 3.70. The van der Waals surface area contributed by atoms with E-state index in [9.17, 15) is 0 Å². The molecule has 2 aromatic rings. The Morgan fingerprint density at radius 2 is 2.05 bits per heavy atom. The number of aromatic nitrogens is 2. The van der Waals surface area contributed by atoms with Gasteiger partial charge in [0.05, 0.1) is 5.69 Å². The van der Waals surface area contributed by atoms with Crippen molar-refractivity contribution >= 4 is 11.3 Å². The van der Waals surface area contributed by atoms with Crippen molar-refractivity contribution in [3.8, 4) is 0 Å². The predicted octanol–water partition coefficient (Wildman–Crippen LogP) is 2.58. The molecule has 0 unspecified atom stereocenters. The molecule has 0 bridgehead atoms. The van der Waals surface area contributed by atoms with Gasteiger partial charge in [-0.05, 0) is 31.6 Å². The van der Waals surface area contributed by atoms with Crippen LogP contribution in [0.5, 0.6) is 0 Å². The van der Waals surface area contributed by atoms with E-state index in [0.29, 0.717) is 0 Å². The van der Waals surface area contributed by atoms with E-state index in [-0.39, 0.29) is 0 Å². The Hall–Kier alpha value is -1.55. The van der Waals surface area contributed by atoms with Crippen LogP contribution >= 0.6 is 0 Å². The Morgan fingerprint density at radius 3 is 2.79 bits per heavy atom. The van der Waals surface area contributed by atoms with Crippen LogP contribution in [0.2, 0.25) is 0 Å². The number of rotatable bonds is 7. The van der Waals surface area contributed by atoms with E-state index in [4.69, 9.17) is 5.73 Å². The molecule has 2 rings (SSSR count). The standard InChI is InChI=1S/C15H24N4/c1-3-5-9-18(4-2)10-8-14-12-19-11-13(16)6-7-15(19)17-14/h6-7,11-12H,3-5,8-10,16H2,1-2H3. The molecule has 0 aliphatic carbocycles. The highest BCUT2D eigenvalue weighted by Gasteiger charge is 2.05. The molecule has 0 fully saturated rings. The fourth-order valence-corrected chi connectivity index (χ4v) is 2.26. The molecule has 0 amide bonds. The van der Waals surface area contributed by atoms with E-state index >= 15 is 0 Å². The lowest BCUT2D eigenvalue weighted by atomic mass is 10.2. The first kappa shape index (κ1) is 13.9. The van der Waals surface area contributed by atoms with Gasteiger partial charge < -0.3 is 15.0 Å². The van der Waals surface area contributed by atoms with Crippen LogP contribution in [-0.4, -0.2) is 33.9 Å². The van der Waals surface area contributed by atoms with Crippen molar-refractivity contribution in [1.82, 2.24) is 14.3 Å². The molecular weight excluding hydrogens is 236 g/mol. The Kier molecular flexibility index (Phi) is 4.80. The topological polar surface area (TPSA) is 46.6 Å². The second-order valence-corrected chi connectivity index (χ2v) is 5.00. The van der Waals surface area contributed by atoms with Gasteiger partial charge in [-0.2, -0.15) is 0 Å². The Labute approximate surface area is 115 Å². The van der Waals surface area contributed by atoms with Crippen molar-refractivity contribution < 1.29 is 0 Å². The summed E-state index contributed by atoms with van der Waals surface area (Å²) in [6, 6.07) is 3.86. The lowest BCUT2D eigenvalue weighted by molar-refractivity contribution is 0.286. The Morgan fingerprint density at radius 1 is 1.21 bits per heavy atom. The highest BCUT2D eigenvalue weighted by Crippen LogP contribution is 2.10. The van der Waals surface area contributed by atoms with Crippen molar-refractivity contribution in [3.05, 3.63) is 30.2 Å². The highest BCUT2D eigenvalue weighted by molar-refractivity contribution is 5.48. The van der Waals surface area contributed by atoms with E-state index in [1.54, 1.807) is 0 Å². The van der Waals surface area contributed by atoms with Gasteiger partial charge in [-0.25, -0.2) is 4.98 Å². The lowest BCUT2D eigenvalue weighted by Gasteiger charge is -2.19. The minimum atomic E-state index is 0.773. The molecule has 0 radical (unpaired) electrons. The second-order valence-electron chi connectivity index (χ2n) is 5.00. The van der Waals surface area contributed by atoms with Crippen LogP contribution in [0.4, 0.5) is 5.69 Å². The van der Waals surface area contributed by atoms with E-state index in [1.165, 1.54) is 19.4 Å². The molecule has 2 aromatic heterocycles. The molecule has 0 aliphatic rings. The summed E-state index contributed by atoms with van der Waals surface area (Å²) in [7, 11) is 0. The number of likely N-dealkylation sites (N-methyl/N-ethyl adjacent to an activating group) is 1. The van der Waals surface area contributed by atoms with Crippen molar-refractivity contribution in [2.24, 2.45) is 0 Å². The fraction of sp³-hybridized carbons (Fsp3) is 0.533. The van der Waals surface area contributed by atoms with Crippen molar-refractivity contribution in [2.75, 3.05) is 25.4 Å². The number of fused-ring (bicyclic) bond motifs is 1. The molecule has 0 aliphatic heterocycles. The largest absolute Gasteiger partial charge is 0.398 e. The first-order chi connectivity index (χ1) is 9.22. The molecular formula is C15H24N4. The molecule has 4 heteroatoms. The number of hydrogen-bond acceptors (Lipinski definition) is 3. The first-order valence-corrected chi connectivity index (χ1v) is 7.18. The molecule has 2 heterocycles. The van der Waals surface area contributed by atoms with Gasteiger partial charge in [0.15, 0.2) is 0 Å². The van der Waals surface area contributed by atoms with Crippen LogP contribution in [0, 0.1) is 0 Å². The van der Waals surface area contributed by atoms with Gasteiger partial charge in [0, 0.05) is 31.0 Å². The summed E-state index contributed by atoms with van der Waals surface area (Å²) in [4.78, 5) is 7.11. The first-order valence-electron chi connectivity index (χ1n) is 7.18. The van der Waals surface area contributed by atoms with Crippen LogP contribution in [0.1, 0.15) is 32.4 Å². The van der Waals surface area contributed by atoms with E-state index in [2.05, 4.69) is 29.9 Å². The summed E-state index contributed by atoms with van der Waals surface area (Å²) in [5, 5.41) is 0. The van der Waals surface area contributed by atoms with Gasteiger partial charge in [-0.1, -0.05) is 20.3 Å². The molecule has 2 N–H and O–H groups in total. The second kappa shape index (κ2) is 6.57. The number of nitrogens with two attached hydrogens (primary N) is 1. The van der Waals surface area contributed by atoms with Gasteiger partial charge in [0.25, 0.3) is 0 Å².